The summed E-state index contributed by atoms with van der Waals surface area (Å²) in [6, 6.07) is 9.88. The van der Waals surface area contributed by atoms with Crippen LogP contribution in [0.5, 0.6) is 5.75 Å². The van der Waals surface area contributed by atoms with Gasteiger partial charge < -0.3 is 9.84 Å². The number of ether oxygens (including phenoxy) is 1. The number of rotatable bonds is 8. The zero-order chi connectivity index (χ0) is 12.5. The molecule has 96 valence electrons. The van der Waals surface area contributed by atoms with Gasteiger partial charge in [0.1, 0.15) is 5.75 Å². The van der Waals surface area contributed by atoms with Gasteiger partial charge in [0.25, 0.3) is 0 Å². The maximum absolute atomic E-state index is 9.25. The van der Waals surface area contributed by atoms with Crippen molar-refractivity contribution in [3.8, 4) is 5.75 Å². The second-order valence-corrected chi connectivity index (χ2v) is 4.98. The SMILES string of the molecule is CC(C)CC(CO)CCCOc1ccccc1. The molecule has 0 fully saturated rings. The Balaban J connectivity index is 2.14. The summed E-state index contributed by atoms with van der Waals surface area (Å²) >= 11 is 0. The highest BCUT2D eigenvalue weighted by Crippen LogP contribution is 2.17. The third-order valence-electron chi connectivity index (χ3n) is 2.83. The van der Waals surface area contributed by atoms with Crippen molar-refractivity contribution in [1.82, 2.24) is 0 Å². The minimum absolute atomic E-state index is 0.295. The fourth-order valence-electron chi connectivity index (χ4n) is 2.03. The lowest BCUT2D eigenvalue weighted by Crippen LogP contribution is -2.11. The number of hydrogen-bond donors (Lipinski definition) is 1. The minimum atomic E-state index is 0.295. The Labute approximate surface area is 105 Å². The molecular weight excluding hydrogens is 212 g/mol. The molecule has 1 rings (SSSR count). The summed E-state index contributed by atoms with van der Waals surface area (Å²) in [5, 5.41) is 9.25. The maximum atomic E-state index is 9.25. The summed E-state index contributed by atoms with van der Waals surface area (Å²) < 4.78 is 5.62. The van der Waals surface area contributed by atoms with Crippen molar-refractivity contribution in [1.29, 1.82) is 0 Å². The molecule has 1 aromatic rings. The van der Waals surface area contributed by atoms with Crippen molar-refractivity contribution in [2.24, 2.45) is 11.8 Å². The monoisotopic (exact) mass is 236 g/mol. The molecule has 0 aliphatic heterocycles. The first-order valence-corrected chi connectivity index (χ1v) is 6.51. The van der Waals surface area contributed by atoms with Gasteiger partial charge in [-0.15, -0.1) is 0 Å². The fourth-order valence-corrected chi connectivity index (χ4v) is 2.03. The van der Waals surface area contributed by atoms with Crippen molar-refractivity contribution < 1.29 is 9.84 Å². The standard InChI is InChI=1S/C15H24O2/c1-13(2)11-14(12-16)7-6-10-17-15-8-4-3-5-9-15/h3-5,8-9,13-14,16H,6-7,10-12H2,1-2H3. The molecular formula is C15H24O2. The predicted octanol–water partition coefficient (Wildman–Crippen LogP) is 3.50. The Bertz CT molecular complexity index is 282. The summed E-state index contributed by atoms with van der Waals surface area (Å²) in [5.74, 6) is 2.01. The minimum Gasteiger partial charge on any atom is -0.494 e. The van der Waals surface area contributed by atoms with Crippen LogP contribution in [0.3, 0.4) is 0 Å². The van der Waals surface area contributed by atoms with Gasteiger partial charge in [0.05, 0.1) is 6.61 Å². The summed E-state index contributed by atoms with van der Waals surface area (Å²) in [6.07, 6.45) is 3.15. The van der Waals surface area contributed by atoms with Gasteiger partial charge in [0.15, 0.2) is 0 Å². The lowest BCUT2D eigenvalue weighted by Gasteiger charge is -2.16. The van der Waals surface area contributed by atoms with E-state index in [0.717, 1.165) is 31.6 Å². The molecule has 2 nitrogen and oxygen atoms in total. The number of aliphatic hydroxyl groups excluding tert-OH is 1. The lowest BCUT2D eigenvalue weighted by molar-refractivity contribution is 0.186. The first kappa shape index (κ1) is 14.0. The van der Waals surface area contributed by atoms with Crippen molar-refractivity contribution in [3.05, 3.63) is 30.3 Å². The summed E-state index contributed by atoms with van der Waals surface area (Å²) in [6.45, 7) is 5.42. The number of para-hydroxylation sites is 1. The molecule has 0 amide bonds. The van der Waals surface area contributed by atoms with Crippen LogP contribution in [-0.4, -0.2) is 18.3 Å². The van der Waals surface area contributed by atoms with Crippen LogP contribution in [0.25, 0.3) is 0 Å². The molecule has 0 spiro atoms. The normalized spacial score (nSPS) is 12.7. The third kappa shape index (κ3) is 6.32. The molecule has 0 aliphatic rings. The molecule has 1 N–H and O–H groups in total. The van der Waals surface area contributed by atoms with E-state index in [9.17, 15) is 5.11 Å². The van der Waals surface area contributed by atoms with E-state index in [1.54, 1.807) is 0 Å². The first-order valence-electron chi connectivity index (χ1n) is 6.51. The Morgan fingerprint density at radius 1 is 1.18 bits per heavy atom. The van der Waals surface area contributed by atoms with Gasteiger partial charge in [-0.05, 0) is 43.2 Å². The van der Waals surface area contributed by atoms with Crippen LogP contribution in [0.15, 0.2) is 30.3 Å². The molecule has 2 heteroatoms. The average molecular weight is 236 g/mol. The van der Waals surface area contributed by atoms with E-state index < -0.39 is 0 Å². The van der Waals surface area contributed by atoms with Crippen LogP contribution >= 0.6 is 0 Å². The molecule has 0 heterocycles. The molecule has 0 saturated heterocycles. The molecule has 0 saturated carbocycles. The number of aliphatic hydroxyl groups is 1. The largest absolute Gasteiger partial charge is 0.494 e. The zero-order valence-electron chi connectivity index (χ0n) is 10.9. The second-order valence-electron chi connectivity index (χ2n) is 4.98. The third-order valence-corrected chi connectivity index (χ3v) is 2.83. The lowest BCUT2D eigenvalue weighted by atomic mass is 9.94. The molecule has 0 radical (unpaired) electrons. The van der Waals surface area contributed by atoms with E-state index in [1.807, 2.05) is 30.3 Å². The van der Waals surface area contributed by atoms with E-state index in [0.29, 0.717) is 18.4 Å². The molecule has 1 unspecified atom stereocenters. The Morgan fingerprint density at radius 2 is 1.88 bits per heavy atom. The average Bonchev–Trinajstić information content (AvgIpc) is 2.34. The predicted molar refractivity (Wildman–Crippen MR) is 71.2 cm³/mol. The molecule has 1 atom stereocenters. The zero-order valence-corrected chi connectivity index (χ0v) is 10.9. The maximum Gasteiger partial charge on any atom is 0.119 e. The van der Waals surface area contributed by atoms with Crippen LogP contribution in [0, 0.1) is 11.8 Å². The topological polar surface area (TPSA) is 29.5 Å². The second kappa shape index (κ2) is 8.13. The smallest absolute Gasteiger partial charge is 0.119 e. The van der Waals surface area contributed by atoms with E-state index in [1.165, 1.54) is 0 Å². The Kier molecular flexibility index (Phi) is 6.71. The molecule has 17 heavy (non-hydrogen) atoms. The van der Waals surface area contributed by atoms with Crippen LogP contribution in [0.1, 0.15) is 33.1 Å². The number of benzene rings is 1. The van der Waals surface area contributed by atoms with E-state index in [-0.39, 0.29) is 0 Å². The highest BCUT2D eigenvalue weighted by Gasteiger charge is 2.09. The quantitative estimate of drug-likeness (QED) is 0.700. The van der Waals surface area contributed by atoms with Crippen LogP contribution < -0.4 is 4.74 Å². The molecule has 1 aromatic carbocycles. The van der Waals surface area contributed by atoms with E-state index in [4.69, 9.17) is 4.74 Å². The van der Waals surface area contributed by atoms with Crippen LogP contribution in [0.4, 0.5) is 0 Å². The highest BCUT2D eigenvalue weighted by molar-refractivity contribution is 5.20. The van der Waals surface area contributed by atoms with Crippen molar-refractivity contribution in [2.45, 2.75) is 33.1 Å². The number of hydrogen-bond acceptors (Lipinski definition) is 2. The van der Waals surface area contributed by atoms with Gasteiger partial charge in [-0.2, -0.15) is 0 Å². The van der Waals surface area contributed by atoms with Crippen molar-refractivity contribution >= 4 is 0 Å². The van der Waals surface area contributed by atoms with Crippen LogP contribution in [0.2, 0.25) is 0 Å². The molecule has 0 bridgehead atoms. The Hall–Kier alpha value is -1.02. The van der Waals surface area contributed by atoms with Gasteiger partial charge in [0, 0.05) is 6.61 Å². The summed E-state index contributed by atoms with van der Waals surface area (Å²) in [7, 11) is 0. The van der Waals surface area contributed by atoms with Crippen LogP contribution in [-0.2, 0) is 0 Å². The van der Waals surface area contributed by atoms with Gasteiger partial charge in [-0.25, -0.2) is 0 Å². The van der Waals surface area contributed by atoms with Gasteiger partial charge in [-0.1, -0.05) is 32.0 Å². The summed E-state index contributed by atoms with van der Waals surface area (Å²) in [4.78, 5) is 0. The van der Waals surface area contributed by atoms with E-state index >= 15 is 0 Å². The summed E-state index contributed by atoms with van der Waals surface area (Å²) in [5.41, 5.74) is 0. The molecule has 0 aliphatic carbocycles. The van der Waals surface area contributed by atoms with Crippen molar-refractivity contribution in [2.75, 3.05) is 13.2 Å². The van der Waals surface area contributed by atoms with Gasteiger partial charge in [-0.3, -0.25) is 0 Å². The fraction of sp³-hybridized carbons (Fsp3) is 0.600. The molecule has 0 aromatic heterocycles. The highest BCUT2D eigenvalue weighted by atomic mass is 16.5. The van der Waals surface area contributed by atoms with Crippen molar-refractivity contribution in [3.63, 3.8) is 0 Å². The Morgan fingerprint density at radius 3 is 2.47 bits per heavy atom. The van der Waals surface area contributed by atoms with Gasteiger partial charge in [0.2, 0.25) is 0 Å². The van der Waals surface area contributed by atoms with Gasteiger partial charge >= 0.3 is 0 Å². The van der Waals surface area contributed by atoms with E-state index in [2.05, 4.69) is 13.8 Å². The first-order chi connectivity index (χ1) is 8.22.